The molecule has 3 aliphatic carbocycles. The molecule has 0 saturated carbocycles. The van der Waals surface area contributed by atoms with Crippen LogP contribution in [0.1, 0.15) is 71.4 Å². The Bertz CT molecular complexity index is 1330. The molecule has 0 saturated heterocycles. The van der Waals surface area contributed by atoms with Crippen molar-refractivity contribution in [2.75, 3.05) is 0 Å². The summed E-state index contributed by atoms with van der Waals surface area (Å²) >= 11 is 0. The van der Waals surface area contributed by atoms with Gasteiger partial charge in [-0.15, -0.1) is 0 Å². The second-order valence-electron chi connectivity index (χ2n) is 9.34. The van der Waals surface area contributed by atoms with E-state index in [0.29, 0.717) is 23.3 Å². The molecule has 33 heavy (non-hydrogen) atoms. The van der Waals surface area contributed by atoms with Gasteiger partial charge in [0.1, 0.15) is 5.75 Å². The maximum atomic E-state index is 13.5. The molecule has 0 spiro atoms. The molecule has 3 aromatic rings. The summed E-state index contributed by atoms with van der Waals surface area (Å²) in [7, 11) is -4.38. The first-order valence-corrected chi connectivity index (χ1v) is 12.6. The number of esters is 1. The fraction of sp³-hybridized carbons (Fsp3) is 0.296. The lowest BCUT2D eigenvalue weighted by Gasteiger charge is -2.44. The van der Waals surface area contributed by atoms with Crippen molar-refractivity contribution in [2.24, 2.45) is 5.92 Å². The summed E-state index contributed by atoms with van der Waals surface area (Å²) in [6.45, 7) is 5.34. The molecule has 6 rings (SSSR count). The predicted octanol–water partition coefficient (Wildman–Crippen LogP) is 5.57. The lowest BCUT2D eigenvalue weighted by atomic mass is 9.59. The molecule has 0 heterocycles. The molecule has 3 aliphatic rings. The summed E-state index contributed by atoms with van der Waals surface area (Å²) < 4.78 is 39.3. The highest BCUT2D eigenvalue weighted by atomic mass is 32.2. The largest absolute Gasteiger partial charge is 0.426 e. The van der Waals surface area contributed by atoms with Gasteiger partial charge in [-0.2, -0.15) is 8.42 Å². The van der Waals surface area contributed by atoms with Crippen LogP contribution in [0.5, 0.6) is 5.75 Å². The summed E-state index contributed by atoms with van der Waals surface area (Å²) in [5.41, 5.74) is 5.82. The lowest BCUT2D eigenvalue weighted by molar-refractivity contribution is -0.140. The van der Waals surface area contributed by atoms with E-state index in [4.69, 9.17) is 4.74 Å². The van der Waals surface area contributed by atoms with Gasteiger partial charge in [-0.3, -0.25) is 9.35 Å². The molecule has 0 fully saturated rings. The van der Waals surface area contributed by atoms with Crippen LogP contribution in [-0.2, 0) is 14.9 Å². The first-order valence-electron chi connectivity index (χ1n) is 11.2. The molecular formula is C27H26O5S. The number of ether oxygens (including phenoxy) is 1. The minimum atomic E-state index is -4.38. The zero-order valence-corrected chi connectivity index (χ0v) is 19.6. The van der Waals surface area contributed by atoms with E-state index < -0.39 is 10.1 Å². The molecule has 0 radical (unpaired) electrons. The molecule has 0 amide bonds. The third-order valence-corrected chi connectivity index (χ3v) is 7.93. The van der Waals surface area contributed by atoms with Gasteiger partial charge in [-0.1, -0.05) is 62.4 Å². The molecule has 5 nitrogen and oxygen atoms in total. The molecule has 1 atom stereocenters. The molecule has 1 unspecified atom stereocenters. The normalized spacial score (nSPS) is 20.9. The van der Waals surface area contributed by atoms with Gasteiger partial charge in [0.25, 0.3) is 10.1 Å². The lowest BCUT2D eigenvalue weighted by Crippen LogP contribution is -2.38. The smallest absolute Gasteiger partial charge is 0.315 e. The molecule has 6 heteroatoms. The van der Waals surface area contributed by atoms with Crippen LogP contribution in [0.15, 0.2) is 65.6 Å². The van der Waals surface area contributed by atoms with Gasteiger partial charge in [0.15, 0.2) is 0 Å². The van der Waals surface area contributed by atoms with Crippen molar-refractivity contribution in [3.8, 4) is 5.75 Å². The van der Waals surface area contributed by atoms with E-state index >= 15 is 0 Å². The summed E-state index contributed by atoms with van der Waals surface area (Å²) in [4.78, 5) is 13.4. The van der Waals surface area contributed by atoms with Crippen molar-refractivity contribution < 1.29 is 22.5 Å². The highest BCUT2D eigenvalue weighted by Crippen LogP contribution is 2.55. The standard InChI is InChI=1S/C27H26O5S/c1-15(2)21-14-24(16(3)12-25(21)33(29,30)31)32-27(28)23-13-22-17-8-4-6-10-19(17)26(23)20-11-7-5-9-18(20)22/h4-12,14-15,22-23,26H,13H2,1-3H3,(H,29,30,31). The second-order valence-corrected chi connectivity index (χ2v) is 10.7. The van der Waals surface area contributed by atoms with Crippen molar-refractivity contribution in [3.05, 3.63) is 94.0 Å². The van der Waals surface area contributed by atoms with E-state index in [1.807, 2.05) is 38.1 Å². The number of hydrogen-bond donors (Lipinski definition) is 1. The Morgan fingerprint density at radius 1 is 0.970 bits per heavy atom. The molecule has 2 bridgehead atoms. The van der Waals surface area contributed by atoms with Crippen molar-refractivity contribution in [1.82, 2.24) is 0 Å². The second kappa shape index (κ2) is 7.82. The van der Waals surface area contributed by atoms with Crippen LogP contribution < -0.4 is 4.74 Å². The van der Waals surface area contributed by atoms with Gasteiger partial charge >= 0.3 is 5.97 Å². The fourth-order valence-electron chi connectivity index (χ4n) is 5.51. The van der Waals surface area contributed by atoms with Crippen molar-refractivity contribution in [2.45, 2.75) is 49.8 Å². The van der Waals surface area contributed by atoms with Gasteiger partial charge in [0.05, 0.1) is 10.8 Å². The minimum absolute atomic E-state index is 0.0723. The van der Waals surface area contributed by atoms with E-state index in [9.17, 15) is 17.8 Å². The minimum Gasteiger partial charge on any atom is -0.426 e. The summed E-state index contributed by atoms with van der Waals surface area (Å²) in [6, 6.07) is 19.6. The van der Waals surface area contributed by atoms with Gasteiger partial charge in [-0.05, 0) is 64.8 Å². The van der Waals surface area contributed by atoms with Gasteiger partial charge < -0.3 is 4.74 Å². The van der Waals surface area contributed by atoms with Crippen LogP contribution in [0.4, 0.5) is 0 Å². The molecule has 0 aromatic heterocycles. The molecular weight excluding hydrogens is 436 g/mol. The average molecular weight is 463 g/mol. The van der Waals surface area contributed by atoms with Crippen molar-refractivity contribution >= 4 is 16.1 Å². The topological polar surface area (TPSA) is 80.7 Å². The van der Waals surface area contributed by atoms with Crippen LogP contribution in [0.3, 0.4) is 0 Å². The molecule has 1 N–H and O–H groups in total. The Balaban J connectivity index is 1.53. The van der Waals surface area contributed by atoms with Crippen LogP contribution in [-0.4, -0.2) is 18.9 Å². The number of carbonyl (C=O) groups is 1. The first kappa shape index (κ1) is 21.9. The quantitative estimate of drug-likeness (QED) is 0.312. The molecule has 3 aromatic carbocycles. The van der Waals surface area contributed by atoms with E-state index in [-0.39, 0.29) is 34.5 Å². The van der Waals surface area contributed by atoms with E-state index in [1.165, 1.54) is 28.3 Å². The Morgan fingerprint density at radius 3 is 2.03 bits per heavy atom. The van der Waals surface area contributed by atoms with Crippen LogP contribution in [0.2, 0.25) is 0 Å². The van der Waals surface area contributed by atoms with Crippen molar-refractivity contribution in [3.63, 3.8) is 0 Å². The van der Waals surface area contributed by atoms with Crippen LogP contribution in [0.25, 0.3) is 0 Å². The predicted molar refractivity (Wildman–Crippen MR) is 125 cm³/mol. The Hall–Kier alpha value is -2.96. The van der Waals surface area contributed by atoms with Gasteiger partial charge in [0.2, 0.25) is 0 Å². The number of hydrogen-bond acceptors (Lipinski definition) is 4. The maximum Gasteiger partial charge on any atom is 0.315 e. The maximum absolute atomic E-state index is 13.5. The summed E-state index contributed by atoms with van der Waals surface area (Å²) in [5, 5.41) is 0. The highest BCUT2D eigenvalue weighted by molar-refractivity contribution is 7.85. The number of rotatable bonds is 4. The summed E-state index contributed by atoms with van der Waals surface area (Å²) in [6.07, 6.45) is 0.677. The number of carbonyl (C=O) groups excluding carboxylic acids is 1. The number of fused-ring (bicyclic) bond motifs is 1. The third kappa shape index (κ3) is 3.58. The number of aryl methyl sites for hydroxylation is 1. The Labute approximate surface area is 194 Å². The van der Waals surface area contributed by atoms with Crippen LogP contribution >= 0.6 is 0 Å². The van der Waals surface area contributed by atoms with E-state index in [0.717, 1.165) is 0 Å². The summed E-state index contributed by atoms with van der Waals surface area (Å²) in [5.74, 6) is -0.413. The Morgan fingerprint density at radius 2 is 1.52 bits per heavy atom. The van der Waals surface area contributed by atoms with Crippen LogP contribution in [0, 0.1) is 12.8 Å². The number of benzene rings is 3. The third-order valence-electron chi connectivity index (χ3n) is 7.03. The highest BCUT2D eigenvalue weighted by Gasteiger charge is 2.46. The first-order chi connectivity index (χ1) is 15.7. The zero-order chi connectivity index (χ0) is 23.5. The van der Waals surface area contributed by atoms with Gasteiger partial charge in [-0.25, -0.2) is 0 Å². The SMILES string of the molecule is Cc1cc(S(=O)(=O)O)c(C(C)C)cc1OC(=O)C1CC2c3ccccc3C1c1ccccc12. The van der Waals surface area contributed by atoms with Crippen molar-refractivity contribution in [1.29, 1.82) is 0 Å². The van der Waals surface area contributed by atoms with E-state index in [2.05, 4.69) is 24.3 Å². The monoisotopic (exact) mass is 462 g/mol. The van der Waals surface area contributed by atoms with Gasteiger partial charge in [0, 0.05) is 11.8 Å². The van der Waals surface area contributed by atoms with E-state index in [1.54, 1.807) is 13.0 Å². The molecule has 0 aliphatic heterocycles. The molecule has 170 valence electrons. The Kier molecular flexibility index (Phi) is 5.18. The fourth-order valence-corrected chi connectivity index (χ4v) is 6.43. The zero-order valence-electron chi connectivity index (χ0n) is 18.8. The average Bonchev–Trinajstić information content (AvgIpc) is 2.79.